The molecule has 1 N–H and O–H groups in total. The molecule has 0 aromatic carbocycles. The molecular weight excluding hydrogens is 408 g/mol. The molecule has 2 aromatic rings. The molecule has 2 saturated carbocycles. The third-order valence-electron chi connectivity index (χ3n) is 5.04. The lowest BCUT2D eigenvalue weighted by Crippen LogP contribution is -1.96. The molecule has 152 valence electrons. The first-order valence-electron chi connectivity index (χ1n) is 10.2. The molecule has 0 atom stereocenters. The molecule has 6 heteroatoms. The van der Waals surface area contributed by atoms with E-state index >= 15 is 0 Å². The third-order valence-corrected chi connectivity index (χ3v) is 7.86. The van der Waals surface area contributed by atoms with Crippen molar-refractivity contribution in [3.8, 4) is 0 Å². The van der Waals surface area contributed by atoms with Crippen molar-refractivity contribution in [3.05, 3.63) is 47.8 Å². The van der Waals surface area contributed by atoms with Gasteiger partial charge in [-0.15, -0.1) is 35.1 Å². The minimum Gasteiger partial charge on any atom is -0.390 e. The molecule has 0 unspecified atom stereocenters. The van der Waals surface area contributed by atoms with Crippen LogP contribution >= 0.6 is 35.1 Å². The molecule has 28 heavy (non-hydrogen) atoms. The Hall–Kier alpha value is -0.750. The molecule has 2 heterocycles. The highest BCUT2D eigenvalue weighted by Crippen LogP contribution is 2.34. The largest absolute Gasteiger partial charge is 0.390 e. The predicted molar refractivity (Wildman–Crippen MR) is 120 cm³/mol. The Morgan fingerprint density at radius 2 is 1.25 bits per heavy atom. The second-order valence-electron chi connectivity index (χ2n) is 7.27. The van der Waals surface area contributed by atoms with Gasteiger partial charge in [0.05, 0.1) is 33.9 Å². The van der Waals surface area contributed by atoms with E-state index in [-0.39, 0.29) is 6.61 Å². The van der Waals surface area contributed by atoms with Crippen molar-refractivity contribution in [2.75, 3.05) is 0 Å². The van der Waals surface area contributed by atoms with Crippen LogP contribution in [0.5, 0.6) is 0 Å². The normalized spacial score (nSPS) is 17.5. The molecule has 0 aliphatic heterocycles. The number of aromatic nitrogens is 2. The van der Waals surface area contributed by atoms with Crippen LogP contribution in [0.25, 0.3) is 0 Å². The Morgan fingerprint density at radius 1 is 0.786 bits per heavy atom. The molecule has 2 fully saturated rings. The highest BCUT2D eigenvalue weighted by atomic mass is 35.5. The maximum Gasteiger partial charge on any atom is 0.0966 e. The van der Waals surface area contributed by atoms with Crippen molar-refractivity contribution in [2.45, 2.75) is 84.4 Å². The summed E-state index contributed by atoms with van der Waals surface area (Å²) < 4.78 is 0. The summed E-state index contributed by atoms with van der Waals surface area (Å²) in [4.78, 5) is 8.85. The van der Waals surface area contributed by atoms with E-state index in [0.29, 0.717) is 5.88 Å². The Morgan fingerprint density at radius 3 is 1.71 bits per heavy atom. The molecule has 2 aromatic heterocycles. The first-order valence-corrected chi connectivity index (χ1v) is 12.5. The van der Waals surface area contributed by atoms with Crippen LogP contribution in [-0.2, 0) is 12.5 Å². The number of alkyl halides is 1. The summed E-state index contributed by atoms with van der Waals surface area (Å²) in [5.41, 5.74) is 1.75. The van der Waals surface area contributed by atoms with Crippen LogP contribution in [0.2, 0.25) is 0 Å². The molecule has 0 amide bonds. The number of thioether (sulfide) groups is 2. The number of hydrogen-bond acceptors (Lipinski definition) is 5. The molecular formula is C22H29ClN2OS2. The second kappa shape index (κ2) is 12.1. The quantitative estimate of drug-likeness (QED) is 0.526. The van der Waals surface area contributed by atoms with Gasteiger partial charge < -0.3 is 5.11 Å². The first kappa shape index (κ1) is 21.9. The van der Waals surface area contributed by atoms with Crippen LogP contribution in [-0.4, -0.2) is 25.6 Å². The maximum atomic E-state index is 8.95. The standard InChI is InChI=1S/C11H14ClNS.C11H15NOS/c12-8-9-4-3-7-11(13-9)14-10-5-1-2-6-10;13-8-9-4-3-7-11(12-9)14-10-5-1-2-6-10/h3-4,7,10H,1-2,5-6,8H2;3-4,7,10,13H,1-2,5-6,8H2. The van der Waals surface area contributed by atoms with Gasteiger partial charge in [-0.3, -0.25) is 0 Å². The van der Waals surface area contributed by atoms with Crippen LogP contribution in [0.15, 0.2) is 46.5 Å². The fourth-order valence-corrected chi connectivity index (χ4v) is 6.19. The fraction of sp³-hybridized carbons (Fsp3) is 0.545. The van der Waals surface area contributed by atoms with E-state index in [1.165, 1.54) is 51.4 Å². The van der Waals surface area contributed by atoms with Crippen molar-refractivity contribution in [1.29, 1.82) is 0 Å². The number of aliphatic hydroxyl groups excluding tert-OH is 1. The zero-order chi connectivity index (χ0) is 19.6. The Labute approximate surface area is 182 Å². The van der Waals surface area contributed by atoms with Gasteiger partial charge in [0, 0.05) is 10.5 Å². The van der Waals surface area contributed by atoms with Gasteiger partial charge in [-0.1, -0.05) is 37.8 Å². The highest BCUT2D eigenvalue weighted by Gasteiger charge is 2.17. The van der Waals surface area contributed by atoms with Gasteiger partial charge in [-0.25, -0.2) is 9.97 Å². The van der Waals surface area contributed by atoms with E-state index in [0.717, 1.165) is 31.9 Å². The number of hydrogen-bond donors (Lipinski definition) is 1. The molecule has 2 aliphatic carbocycles. The zero-order valence-corrected chi connectivity index (χ0v) is 18.6. The smallest absolute Gasteiger partial charge is 0.0966 e. The Kier molecular flexibility index (Phi) is 9.45. The van der Waals surface area contributed by atoms with Crippen LogP contribution in [0.1, 0.15) is 62.8 Å². The highest BCUT2D eigenvalue weighted by molar-refractivity contribution is 8.00. The average molecular weight is 437 g/mol. The van der Waals surface area contributed by atoms with E-state index < -0.39 is 0 Å². The summed E-state index contributed by atoms with van der Waals surface area (Å²) in [6.45, 7) is 0.0407. The van der Waals surface area contributed by atoms with E-state index in [1.807, 2.05) is 53.9 Å². The number of rotatable bonds is 6. The number of aliphatic hydroxyl groups is 1. The first-order chi connectivity index (χ1) is 13.8. The van der Waals surface area contributed by atoms with Gasteiger partial charge in [0.15, 0.2) is 0 Å². The summed E-state index contributed by atoms with van der Waals surface area (Å²) in [5.74, 6) is 0.513. The third kappa shape index (κ3) is 7.25. The lowest BCUT2D eigenvalue weighted by Gasteiger charge is -2.07. The summed E-state index contributed by atoms with van der Waals surface area (Å²) in [7, 11) is 0. The van der Waals surface area contributed by atoms with Crippen molar-refractivity contribution in [3.63, 3.8) is 0 Å². The van der Waals surface area contributed by atoms with Crippen molar-refractivity contribution < 1.29 is 5.11 Å². The van der Waals surface area contributed by atoms with E-state index in [1.54, 1.807) is 0 Å². The molecule has 0 radical (unpaired) electrons. The van der Waals surface area contributed by atoms with Crippen molar-refractivity contribution in [1.82, 2.24) is 9.97 Å². The van der Waals surface area contributed by atoms with Gasteiger partial charge in [0.2, 0.25) is 0 Å². The minimum absolute atomic E-state index is 0.0407. The SMILES string of the molecule is ClCc1cccc(SC2CCCC2)n1.OCc1cccc(SC2CCCC2)n1. The monoisotopic (exact) mass is 436 g/mol. The van der Waals surface area contributed by atoms with Crippen LogP contribution in [0.4, 0.5) is 0 Å². The molecule has 3 nitrogen and oxygen atoms in total. The maximum absolute atomic E-state index is 8.95. The summed E-state index contributed by atoms with van der Waals surface area (Å²) in [6.07, 6.45) is 10.8. The summed E-state index contributed by atoms with van der Waals surface area (Å²) >= 11 is 9.51. The minimum atomic E-state index is 0.0407. The topological polar surface area (TPSA) is 46.0 Å². The van der Waals surface area contributed by atoms with Gasteiger partial charge >= 0.3 is 0 Å². The van der Waals surface area contributed by atoms with Gasteiger partial charge in [-0.2, -0.15) is 0 Å². The van der Waals surface area contributed by atoms with E-state index in [4.69, 9.17) is 16.7 Å². The van der Waals surface area contributed by atoms with E-state index in [2.05, 4.69) is 16.0 Å². The second-order valence-corrected chi connectivity index (χ2v) is 10.2. The molecule has 4 rings (SSSR count). The molecule has 0 spiro atoms. The number of halogens is 1. The van der Waals surface area contributed by atoms with E-state index in [9.17, 15) is 0 Å². The fourth-order valence-electron chi connectivity index (χ4n) is 3.56. The number of pyridine rings is 2. The van der Waals surface area contributed by atoms with Crippen molar-refractivity contribution in [2.24, 2.45) is 0 Å². The molecule has 0 bridgehead atoms. The Bertz CT molecular complexity index is 658. The van der Waals surface area contributed by atoms with Crippen molar-refractivity contribution >= 4 is 35.1 Å². The Balaban J connectivity index is 0.000000161. The zero-order valence-electron chi connectivity index (χ0n) is 16.2. The van der Waals surface area contributed by atoms with Gasteiger partial charge in [-0.05, 0) is 49.9 Å². The van der Waals surface area contributed by atoms with Gasteiger partial charge in [0.1, 0.15) is 0 Å². The molecule has 0 saturated heterocycles. The lowest BCUT2D eigenvalue weighted by atomic mass is 10.4. The van der Waals surface area contributed by atoms with Crippen LogP contribution < -0.4 is 0 Å². The summed E-state index contributed by atoms with van der Waals surface area (Å²) in [5, 5.41) is 12.7. The van der Waals surface area contributed by atoms with Crippen LogP contribution in [0, 0.1) is 0 Å². The van der Waals surface area contributed by atoms with Crippen LogP contribution in [0.3, 0.4) is 0 Å². The lowest BCUT2D eigenvalue weighted by molar-refractivity contribution is 0.276. The number of nitrogens with zero attached hydrogens (tertiary/aromatic N) is 2. The predicted octanol–water partition coefficient (Wildman–Crippen LogP) is 6.46. The summed E-state index contributed by atoms with van der Waals surface area (Å²) in [6, 6.07) is 12.0. The molecule has 2 aliphatic rings. The van der Waals surface area contributed by atoms with Gasteiger partial charge in [0.25, 0.3) is 0 Å². The average Bonchev–Trinajstić information content (AvgIpc) is 3.43.